The second kappa shape index (κ2) is 5.95. The minimum absolute atomic E-state index is 0. The molecule has 0 aliphatic heterocycles. The molecule has 0 radical (unpaired) electrons. The van der Waals surface area contributed by atoms with Crippen molar-refractivity contribution in [3.63, 3.8) is 0 Å². The second-order valence-electron chi connectivity index (χ2n) is 3.98. The van der Waals surface area contributed by atoms with Crippen molar-refractivity contribution in [3.05, 3.63) is 60.7 Å². The number of nitrogens with two attached hydrogens (primary N) is 1. The molecular weight excluding hydrogens is 240 g/mol. The molecule has 4 heteroatoms. The predicted molar refractivity (Wildman–Crippen MR) is 78.8 cm³/mol. The van der Waals surface area contributed by atoms with Crippen molar-refractivity contribution in [1.29, 1.82) is 0 Å². The van der Waals surface area contributed by atoms with Gasteiger partial charge in [-0.1, -0.05) is 48.5 Å². The van der Waals surface area contributed by atoms with E-state index in [1.54, 1.807) is 0 Å². The van der Waals surface area contributed by atoms with E-state index in [-0.39, 0.29) is 11.0 Å². The number of benzene rings is 2. The molecule has 2 aromatic carbocycles. The zero-order valence-corrected chi connectivity index (χ0v) is 10.3. The molecule has 6 N–H and O–H groups in total. The Morgan fingerprint density at radius 1 is 0.789 bits per heavy atom. The average molecular weight is 256 g/mol. The summed E-state index contributed by atoms with van der Waals surface area (Å²) in [6, 6.07) is 19.9. The van der Waals surface area contributed by atoms with Crippen LogP contribution in [0.25, 0.3) is 22.2 Å². The van der Waals surface area contributed by atoms with Crippen LogP contribution in [0.4, 0.5) is 5.69 Å². The largest absolute Gasteiger partial charge is 0.412 e. The molecule has 1 aromatic heterocycles. The Labute approximate surface area is 111 Å². The van der Waals surface area contributed by atoms with Crippen LogP contribution in [0.2, 0.25) is 0 Å². The molecule has 0 bridgehead atoms. The summed E-state index contributed by atoms with van der Waals surface area (Å²) >= 11 is 0. The van der Waals surface area contributed by atoms with E-state index >= 15 is 0 Å². The maximum atomic E-state index is 6.05. The number of aromatic nitrogens is 1. The van der Waals surface area contributed by atoms with Crippen LogP contribution < -0.4 is 5.73 Å². The van der Waals surface area contributed by atoms with Crippen molar-refractivity contribution in [2.24, 2.45) is 0 Å². The van der Waals surface area contributed by atoms with Crippen LogP contribution in [0.15, 0.2) is 60.7 Å². The molecule has 1 heterocycles. The van der Waals surface area contributed by atoms with E-state index in [9.17, 15) is 0 Å². The molecule has 98 valence electrons. The highest BCUT2D eigenvalue weighted by Crippen LogP contribution is 2.25. The monoisotopic (exact) mass is 256 g/mol. The van der Waals surface area contributed by atoms with E-state index < -0.39 is 0 Å². The molecule has 0 saturated heterocycles. The summed E-state index contributed by atoms with van der Waals surface area (Å²) in [5.74, 6) is 0. The highest BCUT2D eigenvalue weighted by molar-refractivity contribution is 5.92. The molecular formula is C15H16N2O2. The molecule has 0 unspecified atom stereocenters. The number of nitrogens with zero attached hydrogens (tertiary/aromatic N) is 1. The number of pyridine rings is 1. The van der Waals surface area contributed by atoms with Crippen molar-refractivity contribution >= 4 is 16.6 Å². The van der Waals surface area contributed by atoms with Crippen molar-refractivity contribution in [2.45, 2.75) is 0 Å². The van der Waals surface area contributed by atoms with Crippen molar-refractivity contribution in [3.8, 4) is 11.3 Å². The lowest BCUT2D eigenvalue weighted by molar-refractivity contribution is 0.823. The molecule has 0 aliphatic carbocycles. The Bertz CT molecular complexity index is 669. The number of hydrogen-bond donors (Lipinski definition) is 1. The fourth-order valence-corrected chi connectivity index (χ4v) is 1.96. The van der Waals surface area contributed by atoms with Crippen LogP contribution in [0.1, 0.15) is 0 Å². The van der Waals surface area contributed by atoms with Gasteiger partial charge in [-0.25, -0.2) is 4.98 Å². The zero-order chi connectivity index (χ0) is 11.7. The highest BCUT2D eigenvalue weighted by atomic mass is 16.0. The van der Waals surface area contributed by atoms with Gasteiger partial charge < -0.3 is 16.7 Å². The van der Waals surface area contributed by atoms with Gasteiger partial charge in [-0.05, 0) is 12.1 Å². The SMILES string of the molecule is Nc1cc(-c2ccccc2)nc2ccccc12.O.O. The van der Waals surface area contributed by atoms with Gasteiger partial charge >= 0.3 is 0 Å². The van der Waals surface area contributed by atoms with Gasteiger partial charge in [0.15, 0.2) is 0 Å². The maximum absolute atomic E-state index is 6.05. The molecule has 4 nitrogen and oxygen atoms in total. The Hall–Kier alpha value is -2.43. The third kappa shape index (κ3) is 2.70. The fourth-order valence-electron chi connectivity index (χ4n) is 1.96. The van der Waals surface area contributed by atoms with Gasteiger partial charge in [0.1, 0.15) is 0 Å². The van der Waals surface area contributed by atoms with Gasteiger partial charge in [-0.2, -0.15) is 0 Å². The lowest BCUT2D eigenvalue weighted by Gasteiger charge is -2.06. The standard InChI is InChI=1S/C15H12N2.2H2O/c16-13-10-15(11-6-2-1-3-7-11)17-14-9-5-4-8-12(13)14;;/h1-10H,(H2,16,17);2*1H2. The Balaban J connectivity index is 0.000000902. The smallest absolute Gasteiger partial charge is 0.0730 e. The van der Waals surface area contributed by atoms with Crippen LogP contribution in [0.3, 0.4) is 0 Å². The van der Waals surface area contributed by atoms with E-state index in [4.69, 9.17) is 5.73 Å². The molecule has 0 amide bonds. The van der Waals surface area contributed by atoms with Crippen LogP contribution in [0, 0.1) is 0 Å². The highest BCUT2D eigenvalue weighted by Gasteiger charge is 2.04. The van der Waals surface area contributed by atoms with E-state index in [1.165, 1.54) is 0 Å². The van der Waals surface area contributed by atoms with Gasteiger partial charge in [-0.15, -0.1) is 0 Å². The quantitative estimate of drug-likeness (QED) is 0.717. The van der Waals surface area contributed by atoms with Crippen molar-refractivity contribution in [1.82, 2.24) is 4.98 Å². The van der Waals surface area contributed by atoms with Crippen LogP contribution >= 0.6 is 0 Å². The van der Waals surface area contributed by atoms with Crippen LogP contribution in [0.5, 0.6) is 0 Å². The first kappa shape index (κ1) is 14.6. The number of nitrogen functional groups attached to an aromatic ring is 1. The van der Waals surface area contributed by atoms with Crippen LogP contribution in [-0.4, -0.2) is 15.9 Å². The minimum atomic E-state index is 0. The second-order valence-corrected chi connectivity index (χ2v) is 3.98. The zero-order valence-electron chi connectivity index (χ0n) is 10.3. The summed E-state index contributed by atoms with van der Waals surface area (Å²) in [5, 5.41) is 1.01. The number of fused-ring (bicyclic) bond motifs is 1. The maximum Gasteiger partial charge on any atom is 0.0730 e. The third-order valence-electron chi connectivity index (χ3n) is 2.82. The summed E-state index contributed by atoms with van der Waals surface area (Å²) < 4.78 is 0. The summed E-state index contributed by atoms with van der Waals surface area (Å²) in [6.07, 6.45) is 0. The van der Waals surface area contributed by atoms with E-state index in [0.29, 0.717) is 0 Å². The minimum Gasteiger partial charge on any atom is -0.412 e. The Morgan fingerprint density at radius 2 is 1.42 bits per heavy atom. The molecule has 0 saturated carbocycles. The topological polar surface area (TPSA) is 102 Å². The van der Waals surface area contributed by atoms with Crippen LogP contribution in [-0.2, 0) is 0 Å². The summed E-state index contributed by atoms with van der Waals surface area (Å²) in [4.78, 5) is 4.63. The van der Waals surface area contributed by atoms with E-state index in [1.807, 2.05) is 60.7 Å². The molecule has 0 atom stereocenters. The first-order valence-corrected chi connectivity index (χ1v) is 5.55. The molecule has 19 heavy (non-hydrogen) atoms. The van der Waals surface area contributed by atoms with Crippen molar-refractivity contribution in [2.75, 3.05) is 5.73 Å². The molecule has 3 rings (SSSR count). The van der Waals surface area contributed by atoms with Crippen molar-refractivity contribution < 1.29 is 11.0 Å². The first-order chi connectivity index (χ1) is 8.34. The fraction of sp³-hybridized carbons (Fsp3) is 0. The molecule has 0 aliphatic rings. The number of anilines is 1. The predicted octanol–water partition coefficient (Wildman–Crippen LogP) is 1.83. The first-order valence-electron chi connectivity index (χ1n) is 5.55. The lowest BCUT2D eigenvalue weighted by Crippen LogP contribution is -1.92. The lowest BCUT2D eigenvalue weighted by atomic mass is 10.1. The summed E-state index contributed by atoms with van der Waals surface area (Å²) in [5.41, 5.74) is 9.77. The number of rotatable bonds is 1. The van der Waals surface area contributed by atoms with Gasteiger partial charge in [0.2, 0.25) is 0 Å². The third-order valence-corrected chi connectivity index (χ3v) is 2.82. The summed E-state index contributed by atoms with van der Waals surface area (Å²) in [7, 11) is 0. The average Bonchev–Trinajstić information content (AvgIpc) is 2.40. The molecule has 0 fully saturated rings. The Kier molecular flexibility index (Phi) is 4.58. The van der Waals surface area contributed by atoms with Gasteiger partial charge in [0.05, 0.1) is 11.2 Å². The normalized spacial score (nSPS) is 9.47. The van der Waals surface area contributed by atoms with E-state index in [0.717, 1.165) is 27.8 Å². The van der Waals surface area contributed by atoms with E-state index in [2.05, 4.69) is 4.98 Å². The molecule has 3 aromatic rings. The Morgan fingerprint density at radius 3 is 2.16 bits per heavy atom. The van der Waals surface area contributed by atoms with Gasteiger partial charge in [0.25, 0.3) is 0 Å². The molecule has 0 spiro atoms. The number of hydrogen-bond acceptors (Lipinski definition) is 2. The summed E-state index contributed by atoms with van der Waals surface area (Å²) in [6.45, 7) is 0. The van der Waals surface area contributed by atoms with Gasteiger partial charge in [0, 0.05) is 16.6 Å². The number of para-hydroxylation sites is 1. The van der Waals surface area contributed by atoms with Gasteiger partial charge in [-0.3, -0.25) is 0 Å².